The standard InChI is InChI=1S/C28H41N3O3/c1-20-9-11-22(12-10-20)21(2)18-23(32)19-24(28(3,4)5)26(33)31-13-7-8-25(31)27(34)30-16-14-29(6)15-17-30/h9-12,18,24-25H,7-8,13-17,19H2,1-6H3/b21-18+/t24-,25+/m1/s1. The van der Waals surface area contributed by atoms with Gasteiger partial charge in [-0.1, -0.05) is 50.6 Å². The molecule has 1 aromatic carbocycles. The SMILES string of the molecule is C/C(=C\C(=O)C[C@H](C(=O)N1CCC[C@H]1C(=O)N1CCN(C)CC1)C(C)(C)C)c1ccc(C)cc1. The van der Waals surface area contributed by atoms with Crippen LogP contribution in [-0.2, 0) is 14.4 Å². The Labute approximate surface area is 205 Å². The fraction of sp³-hybridized carbons (Fsp3) is 0.607. The first-order valence-electron chi connectivity index (χ1n) is 12.5. The molecule has 6 nitrogen and oxygen atoms in total. The highest BCUT2D eigenvalue weighted by Gasteiger charge is 2.42. The fourth-order valence-electron chi connectivity index (χ4n) is 4.89. The van der Waals surface area contributed by atoms with Crippen molar-refractivity contribution < 1.29 is 14.4 Å². The maximum atomic E-state index is 13.7. The molecule has 6 heteroatoms. The molecule has 0 radical (unpaired) electrons. The molecule has 2 saturated heterocycles. The van der Waals surface area contributed by atoms with Gasteiger partial charge in [-0.2, -0.15) is 0 Å². The topological polar surface area (TPSA) is 60.9 Å². The Morgan fingerprint density at radius 2 is 1.65 bits per heavy atom. The summed E-state index contributed by atoms with van der Waals surface area (Å²) in [6.45, 7) is 13.7. The molecule has 1 aromatic rings. The lowest BCUT2D eigenvalue weighted by molar-refractivity contribution is -0.149. The summed E-state index contributed by atoms with van der Waals surface area (Å²) in [5, 5.41) is 0. The van der Waals surface area contributed by atoms with E-state index in [4.69, 9.17) is 0 Å². The summed E-state index contributed by atoms with van der Waals surface area (Å²) in [7, 11) is 2.06. The van der Waals surface area contributed by atoms with Crippen molar-refractivity contribution in [3.63, 3.8) is 0 Å². The number of likely N-dealkylation sites (N-methyl/N-ethyl adjacent to an activating group) is 1. The van der Waals surface area contributed by atoms with E-state index >= 15 is 0 Å². The molecule has 186 valence electrons. The quantitative estimate of drug-likeness (QED) is 0.598. The van der Waals surface area contributed by atoms with Crippen molar-refractivity contribution in [3.05, 3.63) is 41.5 Å². The van der Waals surface area contributed by atoms with Crippen LogP contribution in [0.15, 0.2) is 30.3 Å². The fourth-order valence-corrected chi connectivity index (χ4v) is 4.89. The van der Waals surface area contributed by atoms with Crippen molar-refractivity contribution in [1.82, 2.24) is 14.7 Å². The minimum Gasteiger partial charge on any atom is -0.338 e. The van der Waals surface area contributed by atoms with E-state index in [1.54, 1.807) is 11.0 Å². The minimum absolute atomic E-state index is 0.0486. The zero-order valence-corrected chi connectivity index (χ0v) is 21.8. The van der Waals surface area contributed by atoms with Gasteiger partial charge in [-0.15, -0.1) is 0 Å². The van der Waals surface area contributed by atoms with Gasteiger partial charge in [0.1, 0.15) is 6.04 Å². The normalized spacial score (nSPS) is 21.0. The number of piperazine rings is 1. The summed E-state index contributed by atoms with van der Waals surface area (Å²) in [5.41, 5.74) is 2.69. The summed E-state index contributed by atoms with van der Waals surface area (Å²) in [6.07, 6.45) is 3.34. The van der Waals surface area contributed by atoms with Crippen molar-refractivity contribution in [3.8, 4) is 0 Å². The maximum absolute atomic E-state index is 13.7. The molecule has 0 unspecified atom stereocenters. The second kappa shape index (κ2) is 10.9. The third kappa shape index (κ3) is 6.35. The van der Waals surface area contributed by atoms with Crippen LogP contribution in [0.4, 0.5) is 0 Å². The number of ketones is 1. The van der Waals surface area contributed by atoms with E-state index in [2.05, 4.69) is 11.9 Å². The van der Waals surface area contributed by atoms with Gasteiger partial charge in [-0.25, -0.2) is 0 Å². The van der Waals surface area contributed by atoms with Crippen molar-refractivity contribution in [2.24, 2.45) is 11.3 Å². The predicted octanol–water partition coefficient (Wildman–Crippen LogP) is 3.78. The lowest BCUT2D eigenvalue weighted by atomic mass is 9.76. The summed E-state index contributed by atoms with van der Waals surface area (Å²) >= 11 is 0. The largest absolute Gasteiger partial charge is 0.338 e. The molecule has 2 atom stereocenters. The molecule has 0 N–H and O–H groups in total. The maximum Gasteiger partial charge on any atom is 0.245 e. The third-order valence-corrected chi connectivity index (χ3v) is 7.27. The Hall–Kier alpha value is -2.47. The highest BCUT2D eigenvalue weighted by atomic mass is 16.2. The zero-order valence-electron chi connectivity index (χ0n) is 21.8. The Morgan fingerprint density at radius 1 is 1.03 bits per heavy atom. The van der Waals surface area contributed by atoms with Crippen LogP contribution in [0.25, 0.3) is 5.57 Å². The Bertz CT molecular complexity index is 921. The number of aryl methyl sites for hydroxylation is 1. The number of hydrogen-bond donors (Lipinski definition) is 0. The number of likely N-dealkylation sites (tertiary alicyclic amines) is 1. The number of nitrogens with zero attached hydrogens (tertiary/aromatic N) is 3. The molecule has 2 aliphatic rings. The lowest BCUT2D eigenvalue weighted by Crippen LogP contribution is -2.55. The van der Waals surface area contributed by atoms with Crippen LogP contribution in [0.3, 0.4) is 0 Å². The number of amides is 2. The van der Waals surface area contributed by atoms with Crippen LogP contribution in [0.5, 0.6) is 0 Å². The minimum atomic E-state index is -0.469. The van der Waals surface area contributed by atoms with Crippen LogP contribution in [0.2, 0.25) is 0 Å². The van der Waals surface area contributed by atoms with Crippen LogP contribution in [0, 0.1) is 18.3 Å². The van der Waals surface area contributed by atoms with Gasteiger partial charge in [0.15, 0.2) is 5.78 Å². The van der Waals surface area contributed by atoms with E-state index in [1.165, 1.54) is 5.56 Å². The molecule has 2 amide bonds. The molecule has 0 aliphatic carbocycles. The van der Waals surface area contributed by atoms with Gasteiger partial charge in [-0.3, -0.25) is 14.4 Å². The van der Waals surface area contributed by atoms with E-state index in [-0.39, 0.29) is 29.4 Å². The number of rotatable bonds is 6. The first kappa shape index (κ1) is 26.1. The van der Waals surface area contributed by atoms with Crippen LogP contribution < -0.4 is 0 Å². The molecular formula is C28H41N3O3. The van der Waals surface area contributed by atoms with E-state index in [9.17, 15) is 14.4 Å². The Kier molecular flexibility index (Phi) is 8.34. The molecule has 2 fully saturated rings. The van der Waals surface area contributed by atoms with Crippen LogP contribution in [0.1, 0.15) is 58.1 Å². The molecule has 2 aliphatic heterocycles. The van der Waals surface area contributed by atoms with Crippen molar-refractivity contribution >= 4 is 23.2 Å². The summed E-state index contributed by atoms with van der Waals surface area (Å²) in [5.74, 6) is -0.518. The van der Waals surface area contributed by atoms with Crippen molar-refractivity contribution in [1.29, 1.82) is 0 Å². The van der Waals surface area contributed by atoms with E-state index in [1.807, 2.05) is 63.8 Å². The third-order valence-electron chi connectivity index (χ3n) is 7.27. The Morgan fingerprint density at radius 3 is 2.24 bits per heavy atom. The van der Waals surface area contributed by atoms with Crippen LogP contribution in [-0.4, -0.2) is 78.1 Å². The van der Waals surface area contributed by atoms with E-state index in [0.29, 0.717) is 26.1 Å². The van der Waals surface area contributed by atoms with Crippen molar-refractivity contribution in [2.45, 2.75) is 59.9 Å². The number of hydrogen-bond acceptors (Lipinski definition) is 4. The smallest absolute Gasteiger partial charge is 0.245 e. The van der Waals surface area contributed by atoms with Gasteiger partial charge in [0, 0.05) is 39.1 Å². The lowest BCUT2D eigenvalue weighted by Gasteiger charge is -2.38. The van der Waals surface area contributed by atoms with E-state index in [0.717, 1.165) is 30.6 Å². The molecule has 2 heterocycles. The zero-order chi connectivity index (χ0) is 25.0. The van der Waals surface area contributed by atoms with Crippen molar-refractivity contribution in [2.75, 3.05) is 39.8 Å². The first-order chi connectivity index (χ1) is 16.0. The van der Waals surface area contributed by atoms with Gasteiger partial charge in [0.2, 0.25) is 11.8 Å². The average molecular weight is 468 g/mol. The summed E-state index contributed by atoms with van der Waals surface area (Å²) in [4.78, 5) is 45.9. The Balaban J connectivity index is 1.73. The average Bonchev–Trinajstić information content (AvgIpc) is 3.26. The van der Waals surface area contributed by atoms with Gasteiger partial charge >= 0.3 is 0 Å². The van der Waals surface area contributed by atoms with Gasteiger partial charge in [-0.05, 0) is 56.4 Å². The van der Waals surface area contributed by atoms with Gasteiger partial charge in [0.25, 0.3) is 0 Å². The first-order valence-corrected chi connectivity index (χ1v) is 12.5. The predicted molar refractivity (Wildman–Crippen MR) is 136 cm³/mol. The molecule has 3 rings (SSSR count). The number of benzene rings is 1. The van der Waals surface area contributed by atoms with Gasteiger partial charge < -0.3 is 14.7 Å². The molecular weight excluding hydrogens is 426 g/mol. The van der Waals surface area contributed by atoms with E-state index < -0.39 is 12.0 Å². The number of carbonyl (C=O) groups excluding carboxylic acids is 3. The number of carbonyl (C=O) groups is 3. The second-order valence-electron chi connectivity index (χ2n) is 11.1. The second-order valence-corrected chi connectivity index (χ2v) is 11.1. The highest BCUT2D eigenvalue weighted by Crippen LogP contribution is 2.34. The number of allylic oxidation sites excluding steroid dienone is 2. The molecule has 0 bridgehead atoms. The molecule has 34 heavy (non-hydrogen) atoms. The van der Waals surface area contributed by atoms with Gasteiger partial charge in [0.05, 0.1) is 5.92 Å². The highest BCUT2D eigenvalue weighted by molar-refractivity contribution is 5.99. The summed E-state index contributed by atoms with van der Waals surface area (Å²) in [6, 6.07) is 7.69. The summed E-state index contributed by atoms with van der Waals surface area (Å²) < 4.78 is 0. The molecule has 0 saturated carbocycles. The monoisotopic (exact) mass is 467 g/mol. The molecule has 0 aromatic heterocycles. The van der Waals surface area contributed by atoms with Crippen LogP contribution >= 0.6 is 0 Å². The molecule has 0 spiro atoms.